The minimum atomic E-state index is -4.75. The molecule has 0 saturated carbocycles. The maximum absolute atomic E-state index is 12.2. The summed E-state index contributed by atoms with van der Waals surface area (Å²) in [6.45, 7) is 0.209. The standard InChI is InChI=1S/C14H14F3NO4S/c15-14(16,17)22-11-3-1-9(2-4-11)5-13(19)18-7-12-6-10(18)8-23(12,20)21/h1-4,10,12H,5-8H2/t10-,12+/m0/s1. The van der Waals surface area contributed by atoms with Gasteiger partial charge in [-0.3, -0.25) is 4.79 Å². The molecule has 0 radical (unpaired) electrons. The fourth-order valence-electron chi connectivity index (χ4n) is 3.09. The van der Waals surface area contributed by atoms with Crippen LogP contribution in [0, 0.1) is 0 Å². The van der Waals surface area contributed by atoms with Gasteiger partial charge in [-0.05, 0) is 24.1 Å². The van der Waals surface area contributed by atoms with Crippen LogP contribution >= 0.6 is 0 Å². The molecule has 2 bridgehead atoms. The van der Waals surface area contributed by atoms with Crippen LogP contribution in [0.4, 0.5) is 13.2 Å². The number of amides is 1. The maximum Gasteiger partial charge on any atom is 0.573 e. The maximum atomic E-state index is 12.2. The lowest BCUT2D eigenvalue weighted by Gasteiger charge is -2.27. The van der Waals surface area contributed by atoms with Crippen LogP contribution < -0.4 is 4.74 Å². The van der Waals surface area contributed by atoms with Crippen molar-refractivity contribution >= 4 is 15.7 Å². The molecule has 0 unspecified atom stereocenters. The van der Waals surface area contributed by atoms with Gasteiger partial charge in [-0.15, -0.1) is 13.2 Å². The zero-order valence-electron chi connectivity index (χ0n) is 11.9. The number of alkyl halides is 3. The van der Waals surface area contributed by atoms with Gasteiger partial charge in [0.15, 0.2) is 9.84 Å². The molecule has 2 fully saturated rings. The Morgan fingerprint density at radius 2 is 1.91 bits per heavy atom. The summed E-state index contributed by atoms with van der Waals surface area (Å²) in [5.74, 6) is -0.557. The molecular formula is C14H14F3NO4S. The van der Waals surface area contributed by atoms with Crippen LogP contribution in [0.15, 0.2) is 24.3 Å². The smallest absolute Gasteiger partial charge is 0.406 e. The Kier molecular flexibility index (Phi) is 3.78. The van der Waals surface area contributed by atoms with Gasteiger partial charge in [-0.25, -0.2) is 8.42 Å². The first kappa shape index (κ1) is 16.1. The number of sulfone groups is 1. The topological polar surface area (TPSA) is 63.7 Å². The number of hydrogen-bond acceptors (Lipinski definition) is 4. The lowest BCUT2D eigenvalue weighted by molar-refractivity contribution is -0.274. The molecular weight excluding hydrogens is 335 g/mol. The van der Waals surface area contributed by atoms with E-state index in [1.165, 1.54) is 12.1 Å². The molecule has 2 atom stereocenters. The van der Waals surface area contributed by atoms with Crippen LogP contribution in [-0.4, -0.2) is 49.2 Å². The van der Waals surface area contributed by atoms with Crippen molar-refractivity contribution in [1.82, 2.24) is 4.90 Å². The van der Waals surface area contributed by atoms with E-state index in [0.29, 0.717) is 12.0 Å². The van der Waals surface area contributed by atoms with E-state index in [4.69, 9.17) is 0 Å². The van der Waals surface area contributed by atoms with Gasteiger partial charge >= 0.3 is 6.36 Å². The van der Waals surface area contributed by atoms with Crippen LogP contribution in [0.2, 0.25) is 0 Å². The Hall–Kier alpha value is -1.77. The molecule has 9 heteroatoms. The van der Waals surface area contributed by atoms with E-state index in [9.17, 15) is 26.4 Å². The van der Waals surface area contributed by atoms with Gasteiger partial charge in [0.05, 0.1) is 17.4 Å². The molecule has 2 aliphatic rings. The molecule has 0 aliphatic carbocycles. The second kappa shape index (κ2) is 5.40. The third-order valence-electron chi connectivity index (χ3n) is 4.14. The number of likely N-dealkylation sites (tertiary alicyclic amines) is 1. The molecule has 0 aromatic heterocycles. The Morgan fingerprint density at radius 3 is 2.39 bits per heavy atom. The molecule has 0 N–H and O–H groups in total. The quantitative estimate of drug-likeness (QED) is 0.830. The summed E-state index contributed by atoms with van der Waals surface area (Å²) in [5, 5.41) is -0.473. The molecule has 0 spiro atoms. The first-order valence-corrected chi connectivity index (χ1v) is 8.71. The minimum absolute atomic E-state index is 0.00175. The molecule has 126 valence electrons. The van der Waals surface area contributed by atoms with Gasteiger partial charge in [0.25, 0.3) is 0 Å². The van der Waals surface area contributed by atoms with E-state index >= 15 is 0 Å². The molecule has 2 aliphatic heterocycles. The number of carbonyl (C=O) groups is 1. The number of hydrogen-bond donors (Lipinski definition) is 0. The third kappa shape index (κ3) is 3.44. The Balaban J connectivity index is 1.61. The van der Waals surface area contributed by atoms with Gasteiger partial charge in [-0.1, -0.05) is 12.1 Å². The van der Waals surface area contributed by atoms with Crippen LogP contribution in [-0.2, 0) is 21.1 Å². The lowest BCUT2D eigenvalue weighted by Crippen LogP contribution is -2.44. The number of carbonyl (C=O) groups excluding carboxylic acids is 1. The van der Waals surface area contributed by atoms with E-state index in [-0.39, 0.29) is 36.4 Å². The molecule has 1 amide bonds. The summed E-state index contributed by atoms with van der Waals surface area (Å²) < 4.78 is 63.3. The first-order valence-electron chi connectivity index (χ1n) is 7.00. The van der Waals surface area contributed by atoms with Crippen LogP contribution in [0.1, 0.15) is 12.0 Å². The SMILES string of the molecule is O=C(Cc1ccc(OC(F)(F)F)cc1)N1C[C@H]2C[C@H]1CS2(=O)=O. The van der Waals surface area contributed by atoms with Gasteiger partial charge in [0.1, 0.15) is 5.75 Å². The van der Waals surface area contributed by atoms with E-state index in [2.05, 4.69) is 4.74 Å². The van der Waals surface area contributed by atoms with Gasteiger partial charge in [0, 0.05) is 12.6 Å². The highest BCUT2D eigenvalue weighted by Gasteiger charge is 2.49. The third-order valence-corrected chi connectivity index (χ3v) is 6.35. The fourth-order valence-corrected chi connectivity index (χ4v) is 5.11. The first-order chi connectivity index (χ1) is 10.6. The summed E-state index contributed by atoms with van der Waals surface area (Å²) in [6.07, 6.45) is -4.25. The average Bonchev–Trinajstić information content (AvgIpc) is 2.95. The minimum Gasteiger partial charge on any atom is -0.406 e. The zero-order chi connectivity index (χ0) is 16.8. The largest absolute Gasteiger partial charge is 0.573 e. The van der Waals surface area contributed by atoms with Crippen molar-refractivity contribution in [2.24, 2.45) is 0 Å². The summed E-state index contributed by atoms with van der Waals surface area (Å²) >= 11 is 0. The Bertz CT molecular complexity index is 715. The van der Waals surface area contributed by atoms with Crippen LogP contribution in [0.25, 0.3) is 0 Å². The monoisotopic (exact) mass is 349 g/mol. The summed E-state index contributed by atoms with van der Waals surface area (Å²) in [5.41, 5.74) is 0.551. The molecule has 1 aromatic carbocycles. The number of fused-ring (bicyclic) bond motifs is 2. The highest BCUT2D eigenvalue weighted by atomic mass is 32.2. The molecule has 2 saturated heterocycles. The van der Waals surface area contributed by atoms with Crippen molar-refractivity contribution in [2.45, 2.75) is 30.5 Å². The van der Waals surface area contributed by atoms with E-state index < -0.39 is 21.4 Å². The molecule has 1 aromatic rings. The van der Waals surface area contributed by atoms with E-state index in [1.807, 2.05) is 0 Å². The van der Waals surface area contributed by atoms with E-state index in [0.717, 1.165) is 12.1 Å². The van der Waals surface area contributed by atoms with Gasteiger partial charge < -0.3 is 9.64 Å². The average molecular weight is 349 g/mol. The van der Waals surface area contributed by atoms with Gasteiger partial charge in [0.2, 0.25) is 5.91 Å². The van der Waals surface area contributed by atoms with Gasteiger partial charge in [-0.2, -0.15) is 0 Å². The van der Waals surface area contributed by atoms with Crippen molar-refractivity contribution < 1.29 is 31.1 Å². The van der Waals surface area contributed by atoms with Crippen molar-refractivity contribution in [3.05, 3.63) is 29.8 Å². The number of benzene rings is 1. The van der Waals surface area contributed by atoms with E-state index in [1.54, 1.807) is 4.90 Å². The van der Waals surface area contributed by atoms with Crippen molar-refractivity contribution in [3.63, 3.8) is 0 Å². The lowest BCUT2D eigenvalue weighted by atomic mass is 10.1. The second-order valence-electron chi connectivity index (χ2n) is 5.76. The number of nitrogens with zero attached hydrogens (tertiary/aromatic N) is 1. The molecule has 23 heavy (non-hydrogen) atoms. The fraction of sp³-hybridized carbons (Fsp3) is 0.500. The molecule has 3 rings (SSSR count). The van der Waals surface area contributed by atoms with Crippen molar-refractivity contribution in [2.75, 3.05) is 12.3 Å². The number of rotatable bonds is 3. The zero-order valence-corrected chi connectivity index (χ0v) is 12.7. The Morgan fingerprint density at radius 1 is 1.26 bits per heavy atom. The van der Waals surface area contributed by atoms with Crippen LogP contribution in [0.3, 0.4) is 0 Å². The highest BCUT2D eigenvalue weighted by Crippen LogP contribution is 2.33. The van der Waals surface area contributed by atoms with Crippen molar-refractivity contribution in [1.29, 1.82) is 0 Å². The Labute approximate surface area is 130 Å². The predicted molar refractivity (Wildman–Crippen MR) is 74.5 cm³/mol. The van der Waals surface area contributed by atoms with Crippen LogP contribution in [0.5, 0.6) is 5.75 Å². The normalized spacial score (nSPS) is 25.6. The summed E-state index contributed by atoms with van der Waals surface area (Å²) in [6, 6.07) is 4.81. The number of ether oxygens (including phenoxy) is 1. The second-order valence-corrected chi connectivity index (χ2v) is 8.08. The number of halogens is 3. The van der Waals surface area contributed by atoms with Crippen molar-refractivity contribution in [3.8, 4) is 5.75 Å². The molecule has 5 nitrogen and oxygen atoms in total. The summed E-state index contributed by atoms with van der Waals surface area (Å²) in [7, 11) is -3.07. The molecule has 2 heterocycles. The predicted octanol–water partition coefficient (Wildman–Crippen LogP) is 1.53. The highest BCUT2D eigenvalue weighted by molar-refractivity contribution is 7.92. The summed E-state index contributed by atoms with van der Waals surface area (Å²) in [4.78, 5) is 13.8.